The summed E-state index contributed by atoms with van der Waals surface area (Å²) in [5.74, 6) is 0. The fraction of sp³-hybridized carbons (Fsp3) is 0.273. The quantitative estimate of drug-likeness (QED) is 0.716. The van der Waals surface area contributed by atoms with Gasteiger partial charge < -0.3 is 5.32 Å². The zero-order valence-electron chi connectivity index (χ0n) is 7.67. The summed E-state index contributed by atoms with van der Waals surface area (Å²) >= 11 is 0. The Morgan fingerprint density at radius 3 is 2.58 bits per heavy atom. The second-order valence-corrected chi connectivity index (χ2v) is 2.79. The molecular weight excluding hydrogens is 146 g/mol. The van der Waals surface area contributed by atoms with E-state index in [1.54, 1.807) is 0 Å². The van der Waals surface area contributed by atoms with Crippen LogP contribution in [0.4, 0.5) is 5.69 Å². The van der Waals surface area contributed by atoms with Gasteiger partial charge in [0.1, 0.15) is 0 Å². The Bertz CT molecular complexity index is 249. The first-order valence-corrected chi connectivity index (χ1v) is 4.31. The second kappa shape index (κ2) is 4.60. The molecule has 0 radical (unpaired) electrons. The molecule has 0 unspecified atom stereocenters. The van der Waals surface area contributed by atoms with Crippen molar-refractivity contribution in [1.82, 2.24) is 0 Å². The molecule has 1 aromatic rings. The van der Waals surface area contributed by atoms with Crippen LogP contribution in [0.5, 0.6) is 0 Å². The van der Waals surface area contributed by atoms with E-state index < -0.39 is 0 Å². The van der Waals surface area contributed by atoms with Crippen molar-refractivity contribution in [2.45, 2.75) is 20.3 Å². The first kappa shape index (κ1) is 8.85. The van der Waals surface area contributed by atoms with E-state index in [0.29, 0.717) is 0 Å². The van der Waals surface area contributed by atoms with Crippen molar-refractivity contribution in [3.05, 3.63) is 42.1 Å². The van der Waals surface area contributed by atoms with Crippen molar-refractivity contribution < 1.29 is 0 Å². The lowest BCUT2D eigenvalue weighted by Crippen LogP contribution is -1.94. The summed E-state index contributed by atoms with van der Waals surface area (Å²) in [7, 11) is 0. The van der Waals surface area contributed by atoms with Crippen LogP contribution in [0.15, 0.2) is 42.1 Å². The molecule has 0 atom stereocenters. The fourth-order valence-electron chi connectivity index (χ4n) is 1.11. The van der Waals surface area contributed by atoms with Gasteiger partial charge >= 0.3 is 0 Å². The van der Waals surface area contributed by atoms with Gasteiger partial charge in [0.05, 0.1) is 0 Å². The summed E-state index contributed by atoms with van der Waals surface area (Å²) in [5.41, 5.74) is 2.36. The maximum Gasteiger partial charge on any atom is 0.0381 e. The van der Waals surface area contributed by atoms with Gasteiger partial charge in [0.15, 0.2) is 0 Å². The number of allylic oxidation sites excluding steroid dienone is 2. The van der Waals surface area contributed by atoms with Crippen LogP contribution in [0.25, 0.3) is 0 Å². The molecule has 1 rings (SSSR count). The highest BCUT2D eigenvalue weighted by Gasteiger charge is 1.88. The number of benzene rings is 1. The summed E-state index contributed by atoms with van der Waals surface area (Å²) < 4.78 is 0. The lowest BCUT2D eigenvalue weighted by Gasteiger charge is -2.04. The Morgan fingerprint density at radius 2 is 2.00 bits per heavy atom. The molecule has 0 spiro atoms. The van der Waals surface area contributed by atoms with Crippen molar-refractivity contribution in [2.24, 2.45) is 0 Å². The SMILES string of the molecule is CCC=C(C)Nc1ccccc1. The molecule has 0 aliphatic carbocycles. The summed E-state index contributed by atoms with van der Waals surface area (Å²) in [6, 6.07) is 10.2. The van der Waals surface area contributed by atoms with Gasteiger partial charge in [0, 0.05) is 11.4 Å². The molecule has 0 bridgehead atoms. The minimum Gasteiger partial charge on any atom is -0.359 e. The summed E-state index contributed by atoms with van der Waals surface area (Å²) in [4.78, 5) is 0. The van der Waals surface area contributed by atoms with Crippen molar-refractivity contribution in [2.75, 3.05) is 5.32 Å². The highest BCUT2D eigenvalue weighted by Crippen LogP contribution is 2.08. The minimum absolute atomic E-state index is 1.08. The normalized spacial score (nSPS) is 11.3. The standard InChI is InChI=1S/C11H15N/c1-3-7-10(2)12-11-8-5-4-6-9-11/h4-9,12H,3H2,1-2H3. The molecule has 64 valence electrons. The highest BCUT2D eigenvalue weighted by molar-refractivity contribution is 5.47. The molecule has 1 heteroatoms. The third-order valence-corrected chi connectivity index (χ3v) is 1.63. The molecule has 0 heterocycles. The minimum atomic E-state index is 1.08. The highest BCUT2D eigenvalue weighted by atomic mass is 14.9. The third kappa shape index (κ3) is 2.79. The lowest BCUT2D eigenvalue weighted by atomic mass is 10.3. The van der Waals surface area contributed by atoms with E-state index in [9.17, 15) is 0 Å². The van der Waals surface area contributed by atoms with E-state index in [2.05, 4.69) is 37.4 Å². The number of para-hydroxylation sites is 1. The van der Waals surface area contributed by atoms with Crippen LogP contribution in [0.3, 0.4) is 0 Å². The van der Waals surface area contributed by atoms with Crippen LogP contribution in [-0.4, -0.2) is 0 Å². The van der Waals surface area contributed by atoms with Gasteiger partial charge in [-0.05, 0) is 25.5 Å². The number of nitrogens with one attached hydrogen (secondary N) is 1. The van der Waals surface area contributed by atoms with Crippen LogP contribution in [-0.2, 0) is 0 Å². The maximum atomic E-state index is 3.30. The Hall–Kier alpha value is -1.24. The van der Waals surface area contributed by atoms with E-state index in [4.69, 9.17) is 0 Å². The average molecular weight is 161 g/mol. The molecule has 0 aromatic heterocycles. The zero-order chi connectivity index (χ0) is 8.81. The molecule has 0 aliphatic heterocycles. The molecule has 0 amide bonds. The van der Waals surface area contributed by atoms with Gasteiger partial charge in [0.25, 0.3) is 0 Å². The Labute approximate surface area is 74.1 Å². The van der Waals surface area contributed by atoms with Crippen LogP contribution >= 0.6 is 0 Å². The van der Waals surface area contributed by atoms with Gasteiger partial charge in [0.2, 0.25) is 0 Å². The predicted molar refractivity (Wildman–Crippen MR) is 54.1 cm³/mol. The molecule has 1 aromatic carbocycles. The third-order valence-electron chi connectivity index (χ3n) is 1.63. The van der Waals surface area contributed by atoms with Crippen LogP contribution < -0.4 is 5.32 Å². The number of hydrogen-bond acceptors (Lipinski definition) is 1. The van der Waals surface area contributed by atoms with Gasteiger partial charge in [-0.1, -0.05) is 31.2 Å². The van der Waals surface area contributed by atoms with Crippen molar-refractivity contribution >= 4 is 5.69 Å². The first-order valence-electron chi connectivity index (χ1n) is 4.31. The average Bonchev–Trinajstić information content (AvgIpc) is 2.06. The van der Waals surface area contributed by atoms with Gasteiger partial charge in [-0.3, -0.25) is 0 Å². The predicted octanol–water partition coefficient (Wildman–Crippen LogP) is 3.41. The lowest BCUT2D eigenvalue weighted by molar-refractivity contribution is 1.18. The smallest absolute Gasteiger partial charge is 0.0381 e. The maximum absolute atomic E-state index is 3.30. The molecular formula is C11H15N. The molecule has 0 fully saturated rings. The molecule has 0 saturated heterocycles. The van der Waals surface area contributed by atoms with E-state index in [1.807, 2.05) is 18.2 Å². The van der Waals surface area contributed by atoms with Crippen LogP contribution in [0, 0.1) is 0 Å². The molecule has 1 N–H and O–H groups in total. The Balaban J connectivity index is 2.58. The monoisotopic (exact) mass is 161 g/mol. The number of rotatable bonds is 3. The van der Waals surface area contributed by atoms with Crippen molar-refractivity contribution in [3.63, 3.8) is 0 Å². The largest absolute Gasteiger partial charge is 0.359 e. The van der Waals surface area contributed by atoms with Crippen molar-refractivity contribution in [1.29, 1.82) is 0 Å². The van der Waals surface area contributed by atoms with Crippen molar-refractivity contribution in [3.8, 4) is 0 Å². The van der Waals surface area contributed by atoms with E-state index in [1.165, 1.54) is 5.70 Å². The topological polar surface area (TPSA) is 12.0 Å². The molecule has 1 nitrogen and oxygen atoms in total. The van der Waals surface area contributed by atoms with E-state index in [-0.39, 0.29) is 0 Å². The van der Waals surface area contributed by atoms with Gasteiger partial charge in [-0.2, -0.15) is 0 Å². The summed E-state index contributed by atoms with van der Waals surface area (Å²) in [5, 5.41) is 3.30. The fourth-order valence-corrected chi connectivity index (χ4v) is 1.11. The molecule has 0 aliphatic rings. The van der Waals surface area contributed by atoms with Gasteiger partial charge in [-0.15, -0.1) is 0 Å². The summed E-state index contributed by atoms with van der Waals surface area (Å²) in [6.07, 6.45) is 3.25. The molecule has 0 saturated carbocycles. The first-order chi connectivity index (χ1) is 5.83. The van der Waals surface area contributed by atoms with Crippen LogP contribution in [0.1, 0.15) is 20.3 Å². The Morgan fingerprint density at radius 1 is 1.33 bits per heavy atom. The van der Waals surface area contributed by atoms with E-state index in [0.717, 1.165) is 12.1 Å². The Kier molecular flexibility index (Phi) is 3.39. The second-order valence-electron chi connectivity index (χ2n) is 2.79. The zero-order valence-corrected chi connectivity index (χ0v) is 7.67. The summed E-state index contributed by atoms with van der Waals surface area (Å²) in [6.45, 7) is 4.21. The van der Waals surface area contributed by atoms with Gasteiger partial charge in [-0.25, -0.2) is 0 Å². The molecule has 12 heavy (non-hydrogen) atoms. The number of hydrogen-bond donors (Lipinski definition) is 1. The number of anilines is 1. The van der Waals surface area contributed by atoms with E-state index >= 15 is 0 Å². The van der Waals surface area contributed by atoms with Crippen LogP contribution in [0.2, 0.25) is 0 Å².